The summed E-state index contributed by atoms with van der Waals surface area (Å²) >= 11 is 1.51. The van der Waals surface area contributed by atoms with E-state index in [4.69, 9.17) is 0 Å². The average Bonchev–Trinajstić information content (AvgIpc) is 3.08. The third-order valence-electron chi connectivity index (χ3n) is 4.30. The van der Waals surface area contributed by atoms with Crippen molar-refractivity contribution in [2.45, 2.75) is 13.0 Å². The minimum Gasteiger partial charge on any atom is -0.291 e. The van der Waals surface area contributed by atoms with Gasteiger partial charge in [0.2, 0.25) is 0 Å². The maximum atomic E-state index is 13.1. The SMILES string of the molecule is CC(c1ccccc1)n1cnc2scc(-c3ccccc3)c2c1=O. The van der Waals surface area contributed by atoms with Crippen LogP contribution in [0.5, 0.6) is 0 Å². The number of benzene rings is 2. The van der Waals surface area contributed by atoms with Gasteiger partial charge in [0.15, 0.2) is 0 Å². The molecule has 0 radical (unpaired) electrons. The molecule has 4 rings (SSSR count). The van der Waals surface area contributed by atoms with Crippen molar-refractivity contribution >= 4 is 21.6 Å². The van der Waals surface area contributed by atoms with E-state index in [-0.39, 0.29) is 11.6 Å². The first-order valence-electron chi connectivity index (χ1n) is 7.84. The molecule has 0 saturated carbocycles. The van der Waals surface area contributed by atoms with E-state index in [0.29, 0.717) is 5.39 Å². The Morgan fingerprint density at radius 1 is 1.00 bits per heavy atom. The molecule has 4 heteroatoms. The van der Waals surface area contributed by atoms with Gasteiger partial charge in [-0.3, -0.25) is 9.36 Å². The highest BCUT2D eigenvalue weighted by Crippen LogP contribution is 2.30. The monoisotopic (exact) mass is 332 g/mol. The third kappa shape index (κ3) is 2.45. The predicted molar refractivity (Wildman–Crippen MR) is 99.6 cm³/mol. The first-order chi connectivity index (χ1) is 11.8. The van der Waals surface area contributed by atoms with Gasteiger partial charge in [-0.1, -0.05) is 60.7 Å². The van der Waals surface area contributed by atoms with Gasteiger partial charge in [-0.05, 0) is 18.1 Å². The zero-order valence-electron chi connectivity index (χ0n) is 13.2. The van der Waals surface area contributed by atoms with Crippen LogP contribution in [0.1, 0.15) is 18.5 Å². The number of rotatable bonds is 3. The van der Waals surface area contributed by atoms with Crippen LogP contribution in [0.2, 0.25) is 0 Å². The Labute approximate surface area is 143 Å². The second kappa shape index (κ2) is 6.06. The van der Waals surface area contributed by atoms with Crippen molar-refractivity contribution in [1.82, 2.24) is 9.55 Å². The molecular weight excluding hydrogens is 316 g/mol. The lowest BCUT2D eigenvalue weighted by Crippen LogP contribution is -2.24. The molecule has 2 aromatic carbocycles. The van der Waals surface area contributed by atoms with Gasteiger partial charge in [0.05, 0.1) is 17.8 Å². The number of thiophene rings is 1. The van der Waals surface area contributed by atoms with Crippen molar-refractivity contribution in [2.75, 3.05) is 0 Å². The zero-order chi connectivity index (χ0) is 16.5. The van der Waals surface area contributed by atoms with Crippen LogP contribution in [0.4, 0.5) is 0 Å². The molecule has 1 unspecified atom stereocenters. The van der Waals surface area contributed by atoms with E-state index in [9.17, 15) is 4.79 Å². The summed E-state index contributed by atoms with van der Waals surface area (Å²) in [6.45, 7) is 2.03. The van der Waals surface area contributed by atoms with Gasteiger partial charge in [-0.2, -0.15) is 0 Å². The van der Waals surface area contributed by atoms with E-state index >= 15 is 0 Å². The molecular formula is C20H16N2OS. The van der Waals surface area contributed by atoms with Crippen molar-refractivity contribution < 1.29 is 0 Å². The van der Waals surface area contributed by atoms with Gasteiger partial charge in [0, 0.05) is 10.9 Å². The number of aromatic nitrogens is 2. The second-order valence-electron chi connectivity index (χ2n) is 5.74. The molecule has 0 fully saturated rings. The first kappa shape index (κ1) is 14.8. The van der Waals surface area contributed by atoms with Crippen LogP contribution in [-0.4, -0.2) is 9.55 Å². The van der Waals surface area contributed by atoms with E-state index in [1.54, 1.807) is 10.9 Å². The normalized spacial score (nSPS) is 12.4. The Morgan fingerprint density at radius 3 is 2.38 bits per heavy atom. The number of hydrogen-bond acceptors (Lipinski definition) is 3. The van der Waals surface area contributed by atoms with Crippen LogP contribution in [0.3, 0.4) is 0 Å². The molecule has 0 aliphatic carbocycles. The van der Waals surface area contributed by atoms with Gasteiger partial charge in [0.25, 0.3) is 5.56 Å². The first-order valence-corrected chi connectivity index (χ1v) is 8.72. The molecule has 0 spiro atoms. The minimum atomic E-state index is -0.0564. The van der Waals surface area contributed by atoms with Gasteiger partial charge in [-0.25, -0.2) is 4.98 Å². The summed E-state index contributed by atoms with van der Waals surface area (Å²) in [5.74, 6) is 0. The molecule has 0 amide bonds. The Bertz CT molecular complexity index is 1040. The molecule has 2 aromatic heterocycles. The van der Waals surface area contributed by atoms with Crippen LogP contribution in [0.15, 0.2) is 77.2 Å². The molecule has 2 heterocycles. The van der Waals surface area contributed by atoms with E-state index < -0.39 is 0 Å². The summed E-state index contributed by atoms with van der Waals surface area (Å²) in [5.41, 5.74) is 3.11. The lowest BCUT2D eigenvalue weighted by molar-refractivity contribution is 0.609. The number of nitrogens with zero attached hydrogens (tertiary/aromatic N) is 2. The minimum absolute atomic E-state index is 0.0106. The Hall–Kier alpha value is -2.72. The molecule has 0 bridgehead atoms. The molecule has 4 aromatic rings. The van der Waals surface area contributed by atoms with Crippen molar-refractivity contribution in [2.24, 2.45) is 0 Å². The smallest absolute Gasteiger partial charge is 0.263 e. The van der Waals surface area contributed by atoms with E-state index in [0.717, 1.165) is 21.5 Å². The standard InChI is InChI=1S/C20H16N2OS/c1-14(15-8-4-2-5-9-15)22-13-21-19-18(20(22)23)17(12-24-19)16-10-6-3-7-11-16/h2-14H,1H3. The maximum Gasteiger partial charge on any atom is 0.263 e. The van der Waals surface area contributed by atoms with Crippen LogP contribution in [0, 0.1) is 0 Å². The van der Waals surface area contributed by atoms with E-state index in [1.807, 2.05) is 73.0 Å². The zero-order valence-corrected chi connectivity index (χ0v) is 14.0. The van der Waals surface area contributed by atoms with Crippen LogP contribution >= 0.6 is 11.3 Å². The fourth-order valence-electron chi connectivity index (χ4n) is 2.94. The Balaban J connectivity index is 1.91. The fraction of sp³-hybridized carbons (Fsp3) is 0.100. The summed E-state index contributed by atoms with van der Waals surface area (Å²) in [6, 6.07) is 20.0. The summed E-state index contributed by atoms with van der Waals surface area (Å²) < 4.78 is 1.72. The van der Waals surface area contributed by atoms with Crippen molar-refractivity contribution in [1.29, 1.82) is 0 Å². The lowest BCUT2D eigenvalue weighted by atomic mass is 10.1. The van der Waals surface area contributed by atoms with Crippen molar-refractivity contribution in [3.8, 4) is 11.1 Å². The topological polar surface area (TPSA) is 34.9 Å². The largest absolute Gasteiger partial charge is 0.291 e. The van der Waals surface area contributed by atoms with E-state index in [1.165, 1.54) is 11.3 Å². The Morgan fingerprint density at radius 2 is 1.67 bits per heavy atom. The highest BCUT2D eigenvalue weighted by molar-refractivity contribution is 7.17. The van der Waals surface area contributed by atoms with Gasteiger partial charge in [0.1, 0.15) is 4.83 Å². The quantitative estimate of drug-likeness (QED) is 0.543. The molecule has 0 saturated heterocycles. The summed E-state index contributed by atoms with van der Waals surface area (Å²) in [6.07, 6.45) is 1.66. The number of hydrogen-bond donors (Lipinski definition) is 0. The van der Waals surface area contributed by atoms with Gasteiger partial charge >= 0.3 is 0 Å². The third-order valence-corrected chi connectivity index (χ3v) is 5.19. The molecule has 118 valence electrons. The predicted octanol–water partition coefficient (Wildman–Crippen LogP) is 4.73. The highest BCUT2D eigenvalue weighted by Gasteiger charge is 2.16. The van der Waals surface area contributed by atoms with Gasteiger partial charge < -0.3 is 0 Å². The van der Waals surface area contributed by atoms with Gasteiger partial charge in [-0.15, -0.1) is 11.3 Å². The van der Waals surface area contributed by atoms with E-state index in [2.05, 4.69) is 4.98 Å². The molecule has 3 nitrogen and oxygen atoms in total. The summed E-state index contributed by atoms with van der Waals surface area (Å²) in [5, 5.41) is 2.72. The van der Waals surface area contributed by atoms with Crippen LogP contribution in [-0.2, 0) is 0 Å². The molecule has 0 N–H and O–H groups in total. The van der Waals surface area contributed by atoms with Crippen LogP contribution in [0.25, 0.3) is 21.3 Å². The maximum absolute atomic E-state index is 13.1. The molecule has 0 aliphatic heterocycles. The van der Waals surface area contributed by atoms with Crippen molar-refractivity contribution in [3.63, 3.8) is 0 Å². The number of fused-ring (bicyclic) bond motifs is 1. The Kier molecular flexibility index (Phi) is 3.75. The molecule has 0 aliphatic rings. The molecule has 1 atom stereocenters. The summed E-state index contributed by atoms with van der Waals surface area (Å²) in [7, 11) is 0. The fourth-order valence-corrected chi connectivity index (χ4v) is 3.85. The van der Waals surface area contributed by atoms with Crippen LogP contribution < -0.4 is 5.56 Å². The average molecular weight is 332 g/mol. The highest BCUT2D eigenvalue weighted by atomic mass is 32.1. The second-order valence-corrected chi connectivity index (χ2v) is 6.60. The summed E-state index contributed by atoms with van der Waals surface area (Å²) in [4.78, 5) is 18.4. The molecule has 24 heavy (non-hydrogen) atoms. The van der Waals surface area contributed by atoms with Crippen molar-refractivity contribution in [3.05, 3.63) is 88.3 Å². The lowest BCUT2D eigenvalue weighted by Gasteiger charge is -2.15.